The summed E-state index contributed by atoms with van der Waals surface area (Å²) in [4.78, 5) is 0. The first kappa shape index (κ1) is 22.0. The molecule has 2 aromatic rings. The normalized spacial score (nSPS) is 8.70. The predicted octanol–water partition coefficient (Wildman–Crippen LogP) is -1.48. The van der Waals surface area contributed by atoms with Crippen LogP contribution in [-0.4, -0.2) is 0 Å². The van der Waals surface area contributed by atoms with Crippen molar-refractivity contribution in [2.24, 2.45) is 0 Å². The zero-order valence-corrected chi connectivity index (χ0v) is 16.6. The second kappa shape index (κ2) is 12.4. The van der Waals surface area contributed by atoms with Crippen molar-refractivity contribution in [3.63, 3.8) is 0 Å². The van der Waals surface area contributed by atoms with E-state index in [-0.39, 0.29) is 24.8 Å². The molecule has 0 aliphatic carbocycles. The van der Waals surface area contributed by atoms with E-state index >= 15 is 0 Å². The zero-order chi connectivity index (χ0) is 14.9. The van der Waals surface area contributed by atoms with E-state index in [1.807, 2.05) is 48.6 Å². The van der Waals surface area contributed by atoms with Gasteiger partial charge in [0, 0.05) is 0 Å². The molecule has 0 saturated heterocycles. The molecule has 0 unspecified atom stereocenters. The standard InChI is InChI=1S/2C9H10O.2ClH.Zr/c2*1-2-4-8-5-3-6-9(10)7-8;;;/h2*2-3,5-7,10H,1,4H2;2*1H;/q;;;;+4/p-4. The molecule has 0 spiro atoms. The summed E-state index contributed by atoms with van der Waals surface area (Å²) >= 11 is -1.38. The Kier molecular flexibility index (Phi) is 11.9. The van der Waals surface area contributed by atoms with Gasteiger partial charge >= 0.3 is 139 Å². The first-order valence-corrected chi connectivity index (χ1v) is 8.81. The van der Waals surface area contributed by atoms with Gasteiger partial charge in [-0.25, -0.2) is 0 Å². The molecule has 2 aromatic carbocycles. The molecule has 0 radical (unpaired) electrons. The molecule has 0 aliphatic rings. The van der Waals surface area contributed by atoms with E-state index in [9.17, 15) is 0 Å². The van der Waals surface area contributed by atoms with E-state index in [4.69, 9.17) is 5.63 Å². The molecule has 0 saturated carbocycles. The molecule has 2 rings (SSSR count). The third-order valence-electron chi connectivity index (χ3n) is 2.88. The van der Waals surface area contributed by atoms with Gasteiger partial charge in [-0.05, 0) is 0 Å². The van der Waals surface area contributed by atoms with Crippen molar-refractivity contribution in [3.05, 3.63) is 85.0 Å². The van der Waals surface area contributed by atoms with Crippen LogP contribution in [0.5, 0.6) is 11.5 Å². The maximum absolute atomic E-state index is 5.79. The first-order chi connectivity index (χ1) is 10.3. The summed E-state index contributed by atoms with van der Waals surface area (Å²) in [6.45, 7) is 7.50. The van der Waals surface area contributed by atoms with E-state index in [1.54, 1.807) is 0 Å². The SMILES string of the molecule is C=CCc1cccc([O][Zr+2][O]c2cccc(CC=C)c2)c1.[Cl-].[Cl-]. The summed E-state index contributed by atoms with van der Waals surface area (Å²) in [5.41, 5.74) is 2.41. The molecule has 0 atom stereocenters. The number of rotatable bonds is 8. The van der Waals surface area contributed by atoms with E-state index in [1.165, 1.54) is 11.1 Å². The van der Waals surface area contributed by atoms with E-state index < -0.39 is 24.1 Å². The van der Waals surface area contributed by atoms with Crippen LogP contribution in [0.1, 0.15) is 11.1 Å². The third kappa shape index (κ3) is 7.88. The fourth-order valence-corrected chi connectivity index (χ4v) is 3.12. The molecule has 0 bridgehead atoms. The Balaban J connectivity index is 0.00000242. The van der Waals surface area contributed by atoms with Crippen molar-refractivity contribution in [1.29, 1.82) is 0 Å². The smallest absolute Gasteiger partial charge is 1.00 e. The maximum Gasteiger partial charge on any atom is -1.00 e. The summed E-state index contributed by atoms with van der Waals surface area (Å²) in [5.74, 6) is 1.76. The second-order valence-corrected chi connectivity index (χ2v) is 5.98. The Morgan fingerprint density at radius 1 is 0.783 bits per heavy atom. The average Bonchev–Trinajstić information content (AvgIpc) is 2.49. The van der Waals surface area contributed by atoms with Crippen LogP contribution in [0.3, 0.4) is 0 Å². The minimum atomic E-state index is -1.38. The molecule has 0 amide bonds. The van der Waals surface area contributed by atoms with E-state index in [0.29, 0.717) is 0 Å². The quantitative estimate of drug-likeness (QED) is 0.478. The van der Waals surface area contributed by atoms with Gasteiger partial charge in [-0.2, -0.15) is 0 Å². The van der Waals surface area contributed by atoms with Crippen molar-refractivity contribution in [1.82, 2.24) is 0 Å². The predicted molar refractivity (Wildman–Crippen MR) is 81.9 cm³/mol. The van der Waals surface area contributed by atoms with E-state index in [0.717, 1.165) is 24.3 Å². The van der Waals surface area contributed by atoms with Crippen molar-refractivity contribution >= 4 is 0 Å². The van der Waals surface area contributed by atoms with Crippen molar-refractivity contribution in [2.75, 3.05) is 0 Å². The molecule has 0 aliphatic heterocycles. The van der Waals surface area contributed by atoms with Crippen LogP contribution < -0.4 is 30.4 Å². The Labute approximate surface area is 163 Å². The fourth-order valence-electron chi connectivity index (χ4n) is 1.92. The Bertz CT molecular complexity index is 564. The molecule has 0 aromatic heterocycles. The topological polar surface area (TPSA) is 18.5 Å². The Hall–Kier alpha value is -1.02. The zero-order valence-electron chi connectivity index (χ0n) is 12.7. The average molecular weight is 428 g/mol. The molecule has 0 N–H and O–H groups in total. The molecule has 0 fully saturated rings. The molecule has 120 valence electrons. The van der Waals surface area contributed by atoms with Gasteiger partial charge in [0.2, 0.25) is 0 Å². The summed E-state index contributed by atoms with van der Waals surface area (Å²) in [7, 11) is 0. The fraction of sp³-hybridized carbons (Fsp3) is 0.111. The van der Waals surface area contributed by atoms with Gasteiger partial charge in [-0.15, -0.1) is 0 Å². The van der Waals surface area contributed by atoms with Crippen LogP contribution in [0, 0.1) is 0 Å². The Morgan fingerprint density at radius 2 is 1.22 bits per heavy atom. The number of benzene rings is 2. The van der Waals surface area contributed by atoms with Crippen LogP contribution in [0.25, 0.3) is 0 Å². The Morgan fingerprint density at radius 3 is 1.61 bits per heavy atom. The molecule has 5 heteroatoms. The van der Waals surface area contributed by atoms with Crippen LogP contribution in [-0.2, 0) is 37.0 Å². The third-order valence-corrected chi connectivity index (χ3v) is 4.44. The van der Waals surface area contributed by atoms with Crippen molar-refractivity contribution < 1.29 is 54.6 Å². The number of hydrogen-bond acceptors (Lipinski definition) is 2. The molecule has 2 nitrogen and oxygen atoms in total. The maximum atomic E-state index is 5.79. The van der Waals surface area contributed by atoms with Gasteiger partial charge in [0.05, 0.1) is 0 Å². The number of halogens is 2. The van der Waals surface area contributed by atoms with Gasteiger partial charge in [-0.3, -0.25) is 0 Å². The van der Waals surface area contributed by atoms with Gasteiger partial charge in [-0.1, -0.05) is 0 Å². The number of hydrogen-bond donors (Lipinski definition) is 0. The van der Waals surface area contributed by atoms with Crippen LogP contribution >= 0.6 is 0 Å². The molecule has 23 heavy (non-hydrogen) atoms. The first-order valence-electron chi connectivity index (χ1n) is 6.80. The summed E-state index contributed by atoms with van der Waals surface area (Å²) in [6.07, 6.45) is 5.49. The summed E-state index contributed by atoms with van der Waals surface area (Å²) in [6, 6.07) is 16.1. The van der Waals surface area contributed by atoms with Crippen LogP contribution in [0.4, 0.5) is 0 Å². The second-order valence-electron chi connectivity index (χ2n) is 4.57. The van der Waals surface area contributed by atoms with Gasteiger partial charge in [0.1, 0.15) is 0 Å². The van der Waals surface area contributed by atoms with E-state index in [2.05, 4.69) is 25.3 Å². The number of allylic oxidation sites excluding steroid dienone is 2. The minimum absolute atomic E-state index is 0. The monoisotopic (exact) mass is 426 g/mol. The molecule has 0 heterocycles. The molecular weight excluding hydrogens is 410 g/mol. The summed E-state index contributed by atoms with van der Waals surface area (Å²) < 4.78 is 11.6. The molecular formula is C18H18Cl2O2Zr. The van der Waals surface area contributed by atoms with Crippen molar-refractivity contribution in [3.8, 4) is 11.5 Å². The largest absolute Gasteiger partial charge is 1.00 e. The minimum Gasteiger partial charge on any atom is -1.00 e. The van der Waals surface area contributed by atoms with Crippen LogP contribution in [0.15, 0.2) is 73.8 Å². The van der Waals surface area contributed by atoms with Crippen LogP contribution in [0.2, 0.25) is 0 Å². The van der Waals surface area contributed by atoms with Gasteiger partial charge in [0.25, 0.3) is 0 Å². The van der Waals surface area contributed by atoms with Gasteiger partial charge in [0.15, 0.2) is 0 Å². The van der Waals surface area contributed by atoms with Crippen molar-refractivity contribution in [2.45, 2.75) is 12.8 Å². The van der Waals surface area contributed by atoms with Gasteiger partial charge < -0.3 is 24.8 Å². The summed E-state index contributed by atoms with van der Waals surface area (Å²) in [5, 5.41) is 0.